The highest BCUT2D eigenvalue weighted by molar-refractivity contribution is 6.01. The van der Waals surface area contributed by atoms with E-state index >= 15 is 0 Å². The van der Waals surface area contributed by atoms with Gasteiger partial charge < -0.3 is 18.9 Å². The first-order chi connectivity index (χ1) is 41.7. The molecule has 8 nitrogen and oxygen atoms in total. The summed E-state index contributed by atoms with van der Waals surface area (Å²) in [6.45, 7) is 14.0. The molecule has 0 fully saturated rings. The van der Waals surface area contributed by atoms with Gasteiger partial charge in [-0.3, -0.25) is 0 Å². The highest BCUT2D eigenvalue weighted by Crippen LogP contribution is 2.59. The summed E-state index contributed by atoms with van der Waals surface area (Å²) in [5.74, 6) is -0.694. The molecular weight excluding hydrogens is 1060 g/mol. The van der Waals surface area contributed by atoms with E-state index in [1.165, 1.54) is 0 Å². The van der Waals surface area contributed by atoms with Crippen molar-refractivity contribution in [2.24, 2.45) is 0 Å². The minimum absolute atomic E-state index is 0.268. The second-order valence-electron chi connectivity index (χ2n) is 22.2. The predicted octanol–water partition coefficient (Wildman–Crippen LogP) is 17.2. The summed E-state index contributed by atoms with van der Waals surface area (Å²) in [4.78, 5) is 52.7. The van der Waals surface area contributed by atoms with Crippen LogP contribution in [0.5, 0.6) is 23.0 Å². The fourth-order valence-electron chi connectivity index (χ4n) is 12.5. The van der Waals surface area contributed by atoms with Crippen LogP contribution in [0, 0.1) is 0 Å². The Balaban J connectivity index is 0.775. The first kappa shape index (κ1) is 54.3. The van der Waals surface area contributed by atoms with Crippen molar-refractivity contribution >= 4 is 56.2 Å². The molecule has 0 aliphatic heterocycles. The lowest BCUT2D eigenvalue weighted by Gasteiger charge is -2.34. The normalized spacial score (nSPS) is 14.6. The van der Waals surface area contributed by atoms with Gasteiger partial charge in [-0.15, -0.1) is 0 Å². The summed E-state index contributed by atoms with van der Waals surface area (Å²) >= 11 is 0. The van der Waals surface area contributed by atoms with Gasteiger partial charge >= 0.3 is 23.9 Å². The number of ether oxygens (including phenoxy) is 4. The molecule has 0 aromatic heterocycles. The van der Waals surface area contributed by atoms with Crippen molar-refractivity contribution in [2.45, 2.75) is 38.5 Å². The van der Waals surface area contributed by atoms with Crippen molar-refractivity contribution in [3.8, 4) is 45.3 Å². The quantitative estimate of drug-likeness (QED) is 0.0487. The van der Waals surface area contributed by atoms with Crippen LogP contribution in [0.1, 0.15) is 72.2 Å². The lowest BCUT2D eigenvalue weighted by atomic mass is 9.67. The fourth-order valence-corrected chi connectivity index (χ4v) is 12.5. The molecule has 0 spiro atoms. The van der Waals surface area contributed by atoms with Crippen LogP contribution >= 0.6 is 0 Å². The summed E-state index contributed by atoms with van der Waals surface area (Å²) in [6, 6.07) is 77.5. The molecule has 8 heteroatoms. The lowest BCUT2D eigenvalue weighted by Crippen LogP contribution is -2.28. The Morgan fingerprint density at radius 2 is 0.558 bits per heavy atom. The molecule has 0 N–H and O–H groups in total. The molecule has 2 aliphatic rings. The van der Waals surface area contributed by atoms with Gasteiger partial charge in [0, 0.05) is 22.3 Å². The number of benzene rings is 11. The average molecular weight is 1120 g/mol. The Kier molecular flexibility index (Phi) is 13.7. The minimum Gasteiger partial charge on any atom is -0.423 e. The second-order valence-corrected chi connectivity index (χ2v) is 22.2. The average Bonchev–Trinajstić information content (AvgIpc) is 1.54. The largest absolute Gasteiger partial charge is 0.423 e. The molecule has 86 heavy (non-hydrogen) atoms. The van der Waals surface area contributed by atoms with E-state index in [0.717, 1.165) is 99.1 Å². The van der Waals surface area contributed by atoms with Gasteiger partial charge in [-0.2, -0.15) is 0 Å². The van der Waals surface area contributed by atoms with Crippen LogP contribution in [0.2, 0.25) is 0 Å². The standard InChI is InChI=1S/C78H56O8/c1-47(2)73(79)83-61-33-25-57(26-34-61)77(69-22-14-13-21-65(69)66-41-51-15-7-10-18-54(51)44-70(66)77)58-27-37-63(38-28-58)85-75(81)49(5)23-24-50(6)76(82)86-64-39-31-60(32-40-64)78(59-29-35-62(36-30-59)84-74(80)48(3)4)71-45-55-19-11-8-16-52(55)42-67(71)68-43-53-17-9-12-20-56(53)46-72(68)78/h7-46H,1,3H2,2,4-6H3/b49-23+,50-24+. The van der Waals surface area contributed by atoms with E-state index in [9.17, 15) is 19.2 Å². The smallest absolute Gasteiger partial charge is 0.339 e. The maximum atomic E-state index is 13.8. The van der Waals surface area contributed by atoms with E-state index in [0.29, 0.717) is 34.1 Å². The number of carbonyl (C=O) groups excluding carboxylic acids is 4. The molecule has 0 bridgehead atoms. The predicted molar refractivity (Wildman–Crippen MR) is 340 cm³/mol. The van der Waals surface area contributed by atoms with Crippen LogP contribution in [0.15, 0.2) is 278 Å². The lowest BCUT2D eigenvalue weighted by molar-refractivity contribution is -0.131. The zero-order valence-electron chi connectivity index (χ0n) is 47.8. The molecule has 11 aromatic carbocycles. The van der Waals surface area contributed by atoms with Crippen molar-refractivity contribution in [1.82, 2.24) is 0 Å². The van der Waals surface area contributed by atoms with Crippen molar-refractivity contribution in [3.63, 3.8) is 0 Å². The summed E-state index contributed by atoms with van der Waals surface area (Å²) in [5.41, 5.74) is 12.0. The number of esters is 4. The Morgan fingerprint density at radius 3 is 0.872 bits per heavy atom. The molecule has 1 atom stereocenters. The first-order valence-corrected chi connectivity index (χ1v) is 28.4. The van der Waals surface area contributed by atoms with Gasteiger partial charge in [-0.1, -0.05) is 171 Å². The second kappa shape index (κ2) is 21.7. The van der Waals surface area contributed by atoms with Gasteiger partial charge in [-0.05, 0) is 212 Å². The molecule has 0 saturated heterocycles. The van der Waals surface area contributed by atoms with E-state index in [1.54, 1.807) is 52.0 Å². The van der Waals surface area contributed by atoms with Crippen LogP contribution in [0.3, 0.4) is 0 Å². The van der Waals surface area contributed by atoms with Gasteiger partial charge in [0.2, 0.25) is 0 Å². The zero-order chi connectivity index (χ0) is 59.4. The third kappa shape index (κ3) is 9.29. The van der Waals surface area contributed by atoms with Crippen LogP contribution in [-0.4, -0.2) is 23.9 Å². The molecule has 13 rings (SSSR count). The molecule has 11 aromatic rings. The maximum absolute atomic E-state index is 13.8. The highest BCUT2D eigenvalue weighted by atomic mass is 16.5. The van der Waals surface area contributed by atoms with E-state index in [2.05, 4.69) is 116 Å². The number of fused-ring (bicyclic) bond motifs is 9. The van der Waals surface area contributed by atoms with Crippen molar-refractivity contribution in [3.05, 3.63) is 323 Å². The molecule has 1 unspecified atom stereocenters. The molecule has 0 amide bonds. The van der Waals surface area contributed by atoms with Crippen LogP contribution < -0.4 is 18.9 Å². The van der Waals surface area contributed by atoms with E-state index in [4.69, 9.17) is 18.9 Å². The van der Waals surface area contributed by atoms with Gasteiger partial charge in [0.25, 0.3) is 0 Å². The Labute approximate surface area is 498 Å². The van der Waals surface area contributed by atoms with Crippen LogP contribution in [-0.2, 0) is 30.0 Å². The summed E-state index contributed by atoms with van der Waals surface area (Å²) < 4.78 is 23.3. The molecular formula is C78H56O8. The zero-order valence-corrected chi connectivity index (χ0v) is 47.8. The molecule has 0 saturated carbocycles. The Hall–Kier alpha value is -11.0. The number of hydrogen-bond donors (Lipinski definition) is 0. The van der Waals surface area contributed by atoms with E-state index < -0.39 is 34.7 Å². The van der Waals surface area contributed by atoms with Gasteiger partial charge in [0.15, 0.2) is 0 Å². The summed E-state index contributed by atoms with van der Waals surface area (Å²) in [7, 11) is 0. The van der Waals surface area contributed by atoms with Crippen molar-refractivity contribution < 1.29 is 38.1 Å². The van der Waals surface area contributed by atoms with Gasteiger partial charge in [-0.25, -0.2) is 19.2 Å². The summed E-state index contributed by atoms with van der Waals surface area (Å²) in [6.07, 6.45) is 3.10. The topological polar surface area (TPSA) is 105 Å². The molecule has 0 radical (unpaired) electrons. The number of carbonyl (C=O) groups is 4. The number of allylic oxidation sites excluding steroid dienone is 2. The number of rotatable bonds is 13. The first-order valence-electron chi connectivity index (χ1n) is 28.4. The Bertz CT molecular complexity index is 4630. The van der Waals surface area contributed by atoms with Crippen molar-refractivity contribution in [1.29, 1.82) is 0 Å². The molecule has 0 heterocycles. The van der Waals surface area contributed by atoms with Crippen LogP contribution in [0.4, 0.5) is 0 Å². The monoisotopic (exact) mass is 1120 g/mol. The number of hydrogen-bond acceptors (Lipinski definition) is 8. The third-order valence-electron chi connectivity index (χ3n) is 16.7. The van der Waals surface area contributed by atoms with Gasteiger partial charge in [0.1, 0.15) is 23.0 Å². The third-order valence-corrected chi connectivity index (χ3v) is 16.7. The SMILES string of the molecule is C=C(C)C(=O)Oc1ccc(C2(c3ccc(OC(=O)/C(C)=C/C=C(\C)C(=O)Oc4ccc(C5(c6ccc(OC(=O)C(=C)C)cc6)c6cc7ccccc7cc6-c6cc7ccccc7cc65)cc4)cc3)c3ccccc3-c3cc4ccccc4cc32)cc1. The van der Waals surface area contributed by atoms with Crippen LogP contribution in [0.25, 0.3) is 54.6 Å². The molecule has 416 valence electrons. The fraction of sp³-hybridized carbons (Fsp3) is 0.0769. The summed E-state index contributed by atoms with van der Waals surface area (Å²) in [5, 5.41) is 6.64. The maximum Gasteiger partial charge on any atom is 0.339 e. The Morgan fingerprint density at radius 1 is 0.302 bits per heavy atom. The molecule has 2 aliphatic carbocycles. The van der Waals surface area contributed by atoms with E-state index in [-0.39, 0.29) is 11.1 Å². The van der Waals surface area contributed by atoms with Crippen molar-refractivity contribution in [2.75, 3.05) is 0 Å². The van der Waals surface area contributed by atoms with E-state index in [1.807, 2.05) is 115 Å². The minimum atomic E-state index is -0.850. The highest BCUT2D eigenvalue weighted by Gasteiger charge is 2.48. The van der Waals surface area contributed by atoms with Gasteiger partial charge in [0.05, 0.1) is 10.8 Å².